The number of likely N-dealkylation sites (tertiary alicyclic amines) is 1. The van der Waals surface area contributed by atoms with E-state index in [0.717, 1.165) is 165 Å². The van der Waals surface area contributed by atoms with E-state index in [-0.39, 0.29) is 57.1 Å². The van der Waals surface area contributed by atoms with Crippen molar-refractivity contribution in [2.24, 2.45) is 22.2 Å². The van der Waals surface area contributed by atoms with Crippen LogP contribution >= 0.6 is 22.7 Å². The molecule has 7 aliphatic rings. The first kappa shape index (κ1) is 64.5. The van der Waals surface area contributed by atoms with Crippen LogP contribution in [0.3, 0.4) is 0 Å². The summed E-state index contributed by atoms with van der Waals surface area (Å²) >= 11 is 2.99. The molecule has 20 nitrogen and oxygen atoms in total. The topological polar surface area (TPSA) is 235 Å². The molecule has 14 rings (SSSR count). The molecular formula is C71H89N13O7S2. The number of aromatic carboxylic acids is 1. The van der Waals surface area contributed by atoms with Gasteiger partial charge in [-0.2, -0.15) is 5.10 Å². The van der Waals surface area contributed by atoms with Crippen molar-refractivity contribution in [1.82, 2.24) is 55.4 Å². The maximum atomic E-state index is 14.3. The third-order valence-electron chi connectivity index (χ3n) is 21.1. The second-order valence-corrected chi connectivity index (χ2v) is 30.5. The van der Waals surface area contributed by atoms with Crippen molar-refractivity contribution in [1.29, 1.82) is 0 Å². The Labute approximate surface area is 553 Å². The second kappa shape index (κ2) is 26.5. The zero-order valence-electron chi connectivity index (χ0n) is 54.9. The Bertz CT molecular complexity index is 3880. The van der Waals surface area contributed by atoms with Gasteiger partial charge in [0.2, 0.25) is 17.6 Å². The second-order valence-electron chi connectivity index (χ2n) is 28.6. The number of hydrogen-bond acceptors (Lipinski definition) is 18. The van der Waals surface area contributed by atoms with Crippen LogP contribution in [0.25, 0.3) is 21.3 Å². The number of aromatic nitrogens is 7. The van der Waals surface area contributed by atoms with Crippen molar-refractivity contribution in [3.05, 3.63) is 111 Å². The zero-order valence-corrected chi connectivity index (χ0v) is 56.5. The molecule has 5 aromatic heterocycles. The standard InChI is InChI=1S/C71H89N13O7S2/c1-44-50-22-16-30-83(62(50)80-79-61(44)78-67-75-53-23-11-12-25-56(53)93-67)57-27-26-51(59(76-57)66(88)89)52-35-73-84(46(52)3)43-70-38-68(4)37-69(5,39-70)41-71(40-68,42-70)91-33-31-81(7)28-13-14-32-90-49-21-15-20-48(34-49)60(85)54-36-92-64(74-54)55-24-17-29-82(55)65(87)58(47-18-9-8-10-19-47)77-63(86)45(2)72-6/h11-12,15,20-21,23,25-27,34-36,45,47,55,58,72H,8-10,13-14,16-19,22,24,28-33,37-43H2,1-7H3,(H,77,86)(H,88,89)(H,75,78,79)/t45?,55-,58?,68?,69?,70?,71?/m0/s1. The summed E-state index contributed by atoms with van der Waals surface area (Å²) in [6.07, 6.45) is 18.4. The number of para-hydroxylation sites is 1. The number of carbonyl (C=O) groups is 4. The Hall–Kier alpha value is -7.24. The largest absolute Gasteiger partial charge is 0.494 e. The van der Waals surface area contributed by atoms with Gasteiger partial charge in [-0.1, -0.05) is 68.7 Å². The van der Waals surface area contributed by atoms with Crippen LogP contribution in [0.1, 0.15) is 178 Å². The van der Waals surface area contributed by atoms with Crippen molar-refractivity contribution in [3.63, 3.8) is 0 Å². The Morgan fingerprint density at radius 2 is 1.65 bits per heavy atom. The van der Waals surface area contributed by atoms with E-state index in [9.17, 15) is 24.3 Å². The van der Waals surface area contributed by atoms with E-state index in [0.29, 0.717) is 66.3 Å². The Balaban J connectivity index is 0.593. The van der Waals surface area contributed by atoms with Crippen LogP contribution in [0, 0.1) is 36.0 Å². The van der Waals surface area contributed by atoms with Gasteiger partial charge in [0.25, 0.3) is 0 Å². The number of nitrogens with zero attached hydrogens (tertiary/aromatic N) is 10. The zero-order chi connectivity index (χ0) is 64.8. The number of carboxylic acid groups (broad SMARTS) is 1. The monoisotopic (exact) mass is 1300 g/mol. The average Bonchev–Trinajstić information content (AvgIpc) is 1.50. The summed E-state index contributed by atoms with van der Waals surface area (Å²) in [7, 11) is 3.91. The molecule has 1 saturated heterocycles. The number of unbranched alkanes of at least 4 members (excludes halogenated alkanes) is 1. The van der Waals surface area contributed by atoms with Gasteiger partial charge in [-0.05, 0) is 190 Å². The Morgan fingerprint density at radius 1 is 0.839 bits per heavy atom. The van der Waals surface area contributed by atoms with Gasteiger partial charge in [0.05, 0.1) is 47.3 Å². The molecule has 2 aromatic carbocycles. The summed E-state index contributed by atoms with van der Waals surface area (Å²) < 4.78 is 16.6. The molecule has 4 N–H and O–H groups in total. The van der Waals surface area contributed by atoms with E-state index < -0.39 is 18.1 Å². The van der Waals surface area contributed by atoms with Crippen molar-refractivity contribution < 1.29 is 33.8 Å². The quantitative estimate of drug-likeness (QED) is 0.0307. The molecule has 5 atom stereocenters. The number of pyridine rings is 1. The highest BCUT2D eigenvalue weighted by atomic mass is 32.1. The molecule has 93 heavy (non-hydrogen) atoms. The normalized spacial score (nSPS) is 24.2. The fourth-order valence-corrected chi connectivity index (χ4v) is 19.4. The highest BCUT2D eigenvalue weighted by Gasteiger charge is 2.66. The number of carboxylic acids is 1. The van der Waals surface area contributed by atoms with Gasteiger partial charge >= 0.3 is 5.97 Å². The number of thiazole rings is 2. The van der Waals surface area contributed by atoms with Crippen molar-refractivity contribution in [2.75, 3.05) is 63.7 Å². The number of benzene rings is 2. The fourth-order valence-electron chi connectivity index (χ4n) is 17.6. The number of fused-ring (bicyclic) bond motifs is 2. The van der Waals surface area contributed by atoms with Crippen LogP contribution in [0.2, 0.25) is 0 Å². The van der Waals surface area contributed by atoms with E-state index in [1.54, 1.807) is 42.8 Å². The summed E-state index contributed by atoms with van der Waals surface area (Å²) in [4.78, 5) is 75.2. The summed E-state index contributed by atoms with van der Waals surface area (Å²) in [5.74, 6) is 1.10. The van der Waals surface area contributed by atoms with Gasteiger partial charge in [0.1, 0.15) is 28.3 Å². The number of ketones is 1. The highest BCUT2D eigenvalue weighted by Crippen LogP contribution is 2.72. The molecule has 0 spiro atoms. The predicted molar refractivity (Wildman–Crippen MR) is 362 cm³/mol. The lowest BCUT2D eigenvalue weighted by molar-refractivity contribution is -0.248. The van der Waals surface area contributed by atoms with Crippen LogP contribution < -0.4 is 25.6 Å². The maximum absolute atomic E-state index is 14.3. The smallest absolute Gasteiger partial charge is 0.355 e. The minimum Gasteiger partial charge on any atom is -0.494 e. The first-order valence-electron chi connectivity index (χ1n) is 33.7. The molecule has 6 fully saturated rings. The van der Waals surface area contributed by atoms with Crippen LogP contribution in [-0.2, 0) is 27.3 Å². The Kier molecular flexibility index (Phi) is 18.4. The minimum absolute atomic E-state index is 0.0202. The number of nitrogens with one attached hydrogen (secondary N) is 3. The summed E-state index contributed by atoms with van der Waals surface area (Å²) in [6, 6.07) is 17.9. The van der Waals surface area contributed by atoms with Crippen molar-refractivity contribution >= 4 is 79.0 Å². The molecule has 4 bridgehead atoms. The number of amides is 2. The first-order valence-corrected chi connectivity index (χ1v) is 35.4. The number of ether oxygens (including phenoxy) is 2. The predicted octanol–water partition coefficient (Wildman–Crippen LogP) is 12.4. The number of hydrogen-bond donors (Lipinski definition) is 4. The summed E-state index contributed by atoms with van der Waals surface area (Å²) in [5, 5.41) is 37.9. The van der Waals surface area contributed by atoms with E-state index >= 15 is 0 Å². The molecule has 492 valence electrons. The molecule has 5 aliphatic carbocycles. The van der Waals surface area contributed by atoms with Gasteiger partial charge in [0, 0.05) is 65.1 Å². The van der Waals surface area contributed by atoms with Gasteiger partial charge < -0.3 is 45.2 Å². The SMILES string of the molecule is CNC(C)C(=O)NC(C(=O)N1CCC[C@H]1c1nc(C(=O)c2cccc(OCCCCN(C)CCOC34CC5(C)CC(C)(CC(Cn6ncc(-c7ccc(N8CCCc9c8nnc(Nc8nc%10ccccc%10s8)c9C)nc7C(=O)O)c6C)(C5)C3)C4)c2)cs1)C1CCCCC1. The van der Waals surface area contributed by atoms with Gasteiger partial charge in [0.15, 0.2) is 22.5 Å². The van der Waals surface area contributed by atoms with Crippen LogP contribution in [0.15, 0.2) is 72.2 Å². The van der Waals surface area contributed by atoms with Crippen LogP contribution in [0.5, 0.6) is 5.75 Å². The molecule has 22 heteroatoms. The lowest BCUT2D eigenvalue weighted by Gasteiger charge is -2.69. The molecule has 0 radical (unpaired) electrons. The third-order valence-corrected chi connectivity index (χ3v) is 23.0. The van der Waals surface area contributed by atoms with Gasteiger partial charge in [-0.3, -0.25) is 19.1 Å². The molecule has 7 aromatic rings. The van der Waals surface area contributed by atoms with Crippen molar-refractivity contribution in [2.45, 2.75) is 174 Å². The first-order chi connectivity index (χ1) is 44.8. The molecule has 4 unspecified atom stereocenters. The molecule has 5 saturated carbocycles. The van der Waals surface area contributed by atoms with E-state index in [2.05, 4.69) is 64.5 Å². The number of carbonyl (C=O) groups excluding carboxylic acids is 3. The molecule has 2 aliphatic heterocycles. The highest BCUT2D eigenvalue weighted by molar-refractivity contribution is 7.22. The third kappa shape index (κ3) is 13.4. The van der Waals surface area contributed by atoms with Gasteiger partial charge in [-0.15, -0.1) is 21.5 Å². The maximum Gasteiger partial charge on any atom is 0.355 e. The summed E-state index contributed by atoms with van der Waals surface area (Å²) in [5.41, 5.74) is 6.07. The van der Waals surface area contributed by atoms with E-state index in [4.69, 9.17) is 34.6 Å². The van der Waals surface area contributed by atoms with Gasteiger partial charge in [-0.25, -0.2) is 19.7 Å². The molecular weight excluding hydrogens is 1210 g/mol. The lowest BCUT2D eigenvalue weighted by Crippen LogP contribution is -2.64. The van der Waals surface area contributed by atoms with Crippen LogP contribution in [0.4, 0.5) is 22.6 Å². The molecule has 2 amide bonds. The fraction of sp³-hybridized carbons (Fsp3) is 0.549. The van der Waals surface area contributed by atoms with Crippen molar-refractivity contribution in [3.8, 4) is 16.9 Å². The van der Waals surface area contributed by atoms with E-state index in [1.807, 2.05) is 65.4 Å². The Morgan fingerprint density at radius 3 is 2.43 bits per heavy atom. The number of rotatable bonds is 25. The summed E-state index contributed by atoms with van der Waals surface area (Å²) in [6.45, 7) is 15.7. The number of likely N-dealkylation sites (N-methyl/N-ethyl adjacent to an activating group) is 2. The number of anilines is 4. The average molecular weight is 1300 g/mol. The van der Waals surface area contributed by atoms with Crippen LogP contribution in [-0.4, -0.2) is 145 Å². The minimum atomic E-state index is -1.10. The molecule has 7 heterocycles. The lowest BCUT2D eigenvalue weighted by atomic mass is 9.39. The van der Waals surface area contributed by atoms with E-state index in [1.165, 1.54) is 17.8 Å².